The molecular formula is C26H35N5O2. The van der Waals surface area contributed by atoms with E-state index >= 15 is 0 Å². The summed E-state index contributed by atoms with van der Waals surface area (Å²) in [6.45, 7) is 4.00. The van der Waals surface area contributed by atoms with Gasteiger partial charge in [-0.2, -0.15) is 5.10 Å². The number of amides is 2. The van der Waals surface area contributed by atoms with E-state index < -0.39 is 6.04 Å². The first-order valence-electron chi connectivity index (χ1n) is 12.4. The number of aryl methyl sites for hydroxylation is 1. The number of aromatic nitrogens is 2. The molecule has 3 N–H and O–H groups in total. The van der Waals surface area contributed by atoms with Gasteiger partial charge in [-0.25, -0.2) is 0 Å². The van der Waals surface area contributed by atoms with E-state index in [1.807, 2.05) is 27.0 Å². The highest BCUT2D eigenvalue weighted by atomic mass is 16.2. The third kappa shape index (κ3) is 4.56. The van der Waals surface area contributed by atoms with Gasteiger partial charge in [0.25, 0.3) is 5.91 Å². The van der Waals surface area contributed by atoms with Crippen molar-refractivity contribution in [3.63, 3.8) is 0 Å². The van der Waals surface area contributed by atoms with Crippen molar-refractivity contribution in [1.82, 2.24) is 20.4 Å². The van der Waals surface area contributed by atoms with Gasteiger partial charge in [0.2, 0.25) is 5.91 Å². The number of nitrogens with zero attached hydrogens (tertiary/aromatic N) is 2. The lowest BCUT2D eigenvalue weighted by Crippen LogP contribution is -2.50. The number of fused-ring (bicyclic) bond motifs is 1. The Morgan fingerprint density at radius 3 is 2.42 bits per heavy atom. The standard InChI is InChI=1S/C26H35N5O2/c1-15(2)31-22(12-13-28-31)25(32)30-24(23(16-4-5-16)17-6-7-17)26(33)29-19-9-10-20-18(14-19)8-11-21(20)27-3/h9-10,12-17,21,23-24,27H,4-8,11H2,1-3H3,(H,29,33)(H,30,32)/t21-,24+/m1/s1. The van der Waals surface area contributed by atoms with E-state index in [1.165, 1.54) is 11.1 Å². The monoisotopic (exact) mass is 449 g/mol. The summed E-state index contributed by atoms with van der Waals surface area (Å²) in [5.74, 6) is 0.928. The van der Waals surface area contributed by atoms with Gasteiger partial charge in [0.15, 0.2) is 0 Å². The normalized spacial score (nSPS) is 20.7. The summed E-state index contributed by atoms with van der Waals surface area (Å²) < 4.78 is 1.71. The number of hydrogen-bond acceptors (Lipinski definition) is 4. The molecule has 0 aliphatic heterocycles. The zero-order valence-electron chi connectivity index (χ0n) is 19.8. The minimum Gasteiger partial charge on any atom is -0.339 e. The number of carbonyl (C=O) groups is 2. The number of hydrogen-bond donors (Lipinski definition) is 3. The zero-order chi connectivity index (χ0) is 23.1. The van der Waals surface area contributed by atoms with Crippen molar-refractivity contribution in [2.75, 3.05) is 12.4 Å². The van der Waals surface area contributed by atoms with Crippen molar-refractivity contribution < 1.29 is 9.59 Å². The maximum Gasteiger partial charge on any atom is 0.270 e. The highest BCUT2D eigenvalue weighted by molar-refractivity contribution is 6.00. The summed E-state index contributed by atoms with van der Waals surface area (Å²) in [7, 11) is 1.99. The molecule has 0 radical (unpaired) electrons. The van der Waals surface area contributed by atoms with Gasteiger partial charge in [-0.3, -0.25) is 14.3 Å². The topological polar surface area (TPSA) is 88.0 Å². The fraction of sp³-hybridized carbons (Fsp3) is 0.577. The third-order valence-electron chi connectivity index (χ3n) is 7.52. The number of benzene rings is 1. The Kier molecular flexibility index (Phi) is 5.99. The second-order valence-corrected chi connectivity index (χ2v) is 10.2. The molecule has 5 rings (SSSR count). The van der Waals surface area contributed by atoms with Crippen molar-refractivity contribution in [1.29, 1.82) is 0 Å². The smallest absolute Gasteiger partial charge is 0.270 e. The average molecular weight is 450 g/mol. The van der Waals surface area contributed by atoms with Crippen LogP contribution in [-0.2, 0) is 11.2 Å². The highest BCUT2D eigenvalue weighted by Gasteiger charge is 2.48. The highest BCUT2D eigenvalue weighted by Crippen LogP contribution is 2.51. The Morgan fingerprint density at radius 2 is 1.79 bits per heavy atom. The van der Waals surface area contributed by atoms with E-state index in [4.69, 9.17) is 0 Å². The van der Waals surface area contributed by atoms with E-state index in [1.54, 1.807) is 16.9 Å². The molecule has 2 saturated carbocycles. The lowest BCUT2D eigenvalue weighted by Gasteiger charge is -2.28. The van der Waals surface area contributed by atoms with E-state index in [9.17, 15) is 9.59 Å². The molecule has 7 heteroatoms. The van der Waals surface area contributed by atoms with Gasteiger partial charge in [0.1, 0.15) is 11.7 Å². The van der Waals surface area contributed by atoms with Gasteiger partial charge in [-0.1, -0.05) is 6.07 Å². The lowest BCUT2D eigenvalue weighted by atomic mass is 9.88. The van der Waals surface area contributed by atoms with Crippen LogP contribution >= 0.6 is 0 Å². The molecule has 3 aliphatic rings. The summed E-state index contributed by atoms with van der Waals surface area (Å²) in [4.78, 5) is 26.9. The molecule has 2 atom stereocenters. The molecule has 33 heavy (non-hydrogen) atoms. The molecule has 2 amide bonds. The van der Waals surface area contributed by atoms with Crippen LogP contribution in [0.2, 0.25) is 0 Å². The van der Waals surface area contributed by atoms with Crippen LogP contribution in [0.25, 0.3) is 0 Å². The molecule has 2 fully saturated rings. The second-order valence-electron chi connectivity index (χ2n) is 10.2. The van der Waals surface area contributed by atoms with Gasteiger partial charge in [-0.15, -0.1) is 0 Å². The van der Waals surface area contributed by atoms with Crippen molar-refractivity contribution in [2.24, 2.45) is 17.8 Å². The minimum atomic E-state index is -0.536. The van der Waals surface area contributed by atoms with Crippen LogP contribution < -0.4 is 16.0 Å². The van der Waals surface area contributed by atoms with E-state index in [0.29, 0.717) is 23.6 Å². The molecule has 1 aromatic heterocycles. The number of anilines is 1. The summed E-state index contributed by atoms with van der Waals surface area (Å²) in [6, 6.07) is 7.86. The Morgan fingerprint density at radius 1 is 1.06 bits per heavy atom. The first-order valence-corrected chi connectivity index (χ1v) is 12.4. The molecular weight excluding hydrogens is 414 g/mol. The molecule has 0 unspecified atom stereocenters. The van der Waals surface area contributed by atoms with Gasteiger partial charge in [-0.05, 0) is 106 Å². The van der Waals surface area contributed by atoms with Gasteiger partial charge in [0, 0.05) is 24.0 Å². The van der Waals surface area contributed by atoms with E-state index in [2.05, 4.69) is 33.2 Å². The fourth-order valence-corrected chi connectivity index (χ4v) is 5.56. The van der Waals surface area contributed by atoms with Crippen molar-refractivity contribution in [2.45, 2.75) is 70.5 Å². The summed E-state index contributed by atoms with van der Waals surface area (Å²) in [6.07, 6.45) is 8.33. The van der Waals surface area contributed by atoms with Crippen LogP contribution in [0.15, 0.2) is 30.5 Å². The largest absolute Gasteiger partial charge is 0.339 e. The maximum atomic E-state index is 13.6. The Hall–Kier alpha value is -2.67. The number of rotatable bonds is 9. The van der Waals surface area contributed by atoms with Crippen molar-refractivity contribution >= 4 is 17.5 Å². The minimum absolute atomic E-state index is 0.0727. The zero-order valence-corrected chi connectivity index (χ0v) is 19.8. The first kappa shape index (κ1) is 22.1. The molecule has 7 nitrogen and oxygen atoms in total. The molecule has 1 heterocycles. The summed E-state index contributed by atoms with van der Waals surface area (Å²) in [5, 5.41) is 13.9. The Bertz CT molecular complexity index is 1030. The quantitative estimate of drug-likeness (QED) is 0.543. The Balaban J connectivity index is 1.37. The van der Waals surface area contributed by atoms with Gasteiger partial charge in [0.05, 0.1) is 0 Å². The molecule has 3 aliphatic carbocycles. The predicted octanol–water partition coefficient (Wildman–Crippen LogP) is 3.84. The molecule has 2 aromatic rings. The predicted molar refractivity (Wildman–Crippen MR) is 128 cm³/mol. The average Bonchev–Trinajstić information content (AvgIpc) is 3.72. The summed E-state index contributed by atoms with van der Waals surface area (Å²) in [5.41, 5.74) is 3.92. The maximum absolute atomic E-state index is 13.6. The molecule has 0 saturated heterocycles. The van der Waals surface area contributed by atoms with Crippen LogP contribution in [0.1, 0.15) is 79.7 Å². The van der Waals surface area contributed by atoms with Crippen LogP contribution in [0.3, 0.4) is 0 Å². The van der Waals surface area contributed by atoms with E-state index in [-0.39, 0.29) is 23.8 Å². The van der Waals surface area contributed by atoms with Crippen molar-refractivity contribution in [3.8, 4) is 0 Å². The third-order valence-corrected chi connectivity index (χ3v) is 7.52. The van der Waals surface area contributed by atoms with E-state index in [0.717, 1.165) is 44.2 Å². The molecule has 0 spiro atoms. The Labute approximate surface area is 195 Å². The number of nitrogens with one attached hydrogen (secondary N) is 3. The fourth-order valence-electron chi connectivity index (χ4n) is 5.56. The lowest BCUT2D eigenvalue weighted by molar-refractivity contribution is -0.119. The molecule has 176 valence electrons. The molecule has 1 aromatic carbocycles. The van der Waals surface area contributed by atoms with Crippen LogP contribution in [-0.4, -0.2) is 34.7 Å². The SMILES string of the molecule is CN[C@@H]1CCc2cc(NC(=O)[C@@H](NC(=O)c3ccnn3C(C)C)C(C3CC3)C3CC3)ccc21. The second kappa shape index (κ2) is 8.93. The van der Waals surface area contributed by atoms with Crippen LogP contribution in [0.4, 0.5) is 5.69 Å². The van der Waals surface area contributed by atoms with Crippen molar-refractivity contribution in [3.05, 3.63) is 47.3 Å². The van der Waals surface area contributed by atoms with Crippen LogP contribution in [0, 0.1) is 17.8 Å². The summed E-state index contributed by atoms with van der Waals surface area (Å²) >= 11 is 0. The van der Waals surface area contributed by atoms with Crippen LogP contribution in [0.5, 0.6) is 0 Å². The molecule has 0 bridgehead atoms. The van der Waals surface area contributed by atoms with Gasteiger partial charge >= 0.3 is 0 Å². The number of carbonyl (C=O) groups excluding carboxylic acids is 2. The first-order chi connectivity index (χ1) is 16.0. The van der Waals surface area contributed by atoms with Gasteiger partial charge < -0.3 is 16.0 Å².